The van der Waals surface area contributed by atoms with Crippen LogP contribution >= 0.6 is 11.3 Å². The third kappa shape index (κ3) is 5.25. The van der Waals surface area contributed by atoms with Crippen LogP contribution in [0.3, 0.4) is 0 Å². The monoisotopic (exact) mass is 493 g/mol. The number of hydrogen-bond acceptors (Lipinski definition) is 6. The number of thiazole rings is 1. The second-order valence-corrected chi connectivity index (χ2v) is 8.81. The molecule has 2 heterocycles. The molecule has 4 aromatic rings. The molecular weight excluding hydrogens is 469 g/mol. The Hall–Kier alpha value is -3.98. The van der Waals surface area contributed by atoms with Gasteiger partial charge in [0.1, 0.15) is 17.1 Å². The number of ether oxygens (including phenoxy) is 1. The SMILES string of the molecule is CCOc1c(/C(C)=C/C(=O)Nc2nc(CC(N)=O)cs2)cc2c(-c3ccc(F)cc3)coc2c1C. The highest BCUT2D eigenvalue weighted by Crippen LogP contribution is 2.40. The first-order valence-corrected chi connectivity index (χ1v) is 11.8. The van der Waals surface area contributed by atoms with E-state index in [9.17, 15) is 14.0 Å². The number of rotatable bonds is 8. The van der Waals surface area contributed by atoms with Crippen LogP contribution in [0, 0.1) is 12.7 Å². The predicted octanol–water partition coefficient (Wildman–Crippen LogP) is 5.47. The van der Waals surface area contributed by atoms with E-state index < -0.39 is 5.91 Å². The van der Waals surface area contributed by atoms with Crippen LogP contribution in [0.15, 0.2) is 52.5 Å². The van der Waals surface area contributed by atoms with Gasteiger partial charge in [0.05, 0.1) is 25.0 Å². The Balaban J connectivity index is 1.70. The smallest absolute Gasteiger partial charge is 0.250 e. The van der Waals surface area contributed by atoms with Crippen LogP contribution in [-0.4, -0.2) is 23.4 Å². The maximum atomic E-state index is 13.4. The van der Waals surface area contributed by atoms with E-state index in [0.717, 1.165) is 27.6 Å². The molecule has 3 N–H and O–H groups in total. The first kappa shape index (κ1) is 24.2. The number of anilines is 1. The number of halogens is 1. The van der Waals surface area contributed by atoms with Crippen molar-refractivity contribution in [2.75, 3.05) is 11.9 Å². The van der Waals surface area contributed by atoms with E-state index in [1.54, 1.807) is 23.8 Å². The van der Waals surface area contributed by atoms with Gasteiger partial charge in [-0.2, -0.15) is 0 Å². The van der Waals surface area contributed by atoms with Crippen LogP contribution in [0.5, 0.6) is 5.75 Å². The molecule has 0 radical (unpaired) electrons. The second kappa shape index (κ2) is 10.1. The van der Waals surface area contributed by atoms with Gasteiger partial charge in [-0.1, -0.05) is 12.1 Å². The van der Waals surface area contributed by atoms with Crippen LogP contribution in [0.1, 0.15) is 30.7 Å². The lowest BCUT2D eigenvalue weighted by Crippen LogP contribution is -2.14. The number of nitrogens with two attached hydrogens (primary N) is 1. The quantitative estimate of drug-likeness (QED) is 0.316. The Morgan fingerprint density at radius 1 is 1.29 bits per heavy atom. The number of nitrogens with zero attached hydrogens (tertiary/aromatic N) is 1. The minimum absolute atomic E-state index is 0.0132. The average molecular weight is 494 g/mol. The van der Waals surface area contributed by atoms with Gasteiger partial charge in [-0.3, -0.25) is 14.9 Å². The second-order valence-electron chi connectivity index (χ2n) is 7.95. The Labute approximate surface area is 205 Å². The van der Waals surface area contributed by atoms with Gasteiger partial charge in [-0.25, -0.2) is 9.37 Å². The van der Waals surface area contributed by atoms with E-state index in [4.69, 9.17) is 14.9 Å². The molecule has 35 heavy (non-hydrogen) atoms. The number of carbonyl (C=O) groups is 2. The van der Waals surface area contributed by atoms with Crippen molar-refractivity contribution < 1.29 is 23.1 Å². The van der Waals surface area contributed by atoms with Gasteiger partial charge in [-0.05, 0) is 50.1 Å². The van der Waals surface area contributed by atoms with E-state index in [0.29, 0.717) is 34.3 Å². The van der Waals surface area contributed by atoms with Crippen LogP contribution < -0.4 is 15.8 Å². The maximum Gasteiger partial charge on any atom is 0.250 e. The molecule has 180 valence electrons. The molecule has 0 atom stereocenters. The fourth-order valence-corrected chi connectivity index (χ4v) is 4.55. The lowest BCUT2D eigenvalue weighted by atomic mass is 9.96. The van der Waals surface area contributed by atoms with Gasteiger partial charge in [-0.15, -0.1) is 11.3 Å². The number of allylic oxidation sites excluding steroid dienone is 1. The number of aromatic nitrogens is 1. The van der Waals surface area contributed by atoms with Crippen LogP contribution in [0.2, 0.25) is 0 Å². The van der Waals surface area contributed by atoms with Crippen molar-refractivity contribution in [3.05, 3.63) is 70.7 Å². The van der Waals surface area contributed by atoms with E-state index >= 15 is 0 Å². The number of benzene rings is 2. The molecule has 9 heteroatoms. The summed E-state index contributed by atoms with van der Waals surface area (Å²) >= 11 is 1.22. The summed E-state index contributed by atoms with van der Waals surface area (Å²) < 4.78 is 25.2. The number of amides is 2. The summed E-state index contributed by atoms with van der Waals surface area (Å²) in [5.41, 5.74) is 10.2. The minimum Gasteiger partial charge on any atom is -0.493 e. The lowest BCUT2D eigenvalue weighted by Gasteiger charge is -2.15. The third-order valence-corrected chi connectivity index (χ3v) is 6.20. The zero-order valence-corrected chi connectivity index (χ0v) is 20.3. The summed E-state index contributed by atoms with van der Waals surface area (Å²) in [5, 5.41) is 5.61. The van der Waals surface area contributed by atoms with Gasteiger partial charge in [0.2, 0.25) is 11.8 Å². The molecular formula is C26H24FN3O4S. The van der Waals surface area contributed by atoms with Gasteiger partial charge in [0.15, 0.2) is 5.13 Å². The van der Waals surface area contributed by atoms with E-state index in [1.807, 2.05) is 26.8 Å². The number of furan rings is 1. The third-order valence-electron chi connectivity index (χ3n) is 5.40. The molecule has 0 saturated carbocycles. The molecule has 0 fully saturated rings. The molecule has 0 aliphatic rings. The van der Waals surface area contributed by atoms with Crippen molar-refractivity contribution in [1.82, 2.24) is 4.98 Å². The first-order valence-electron chi connectivity index (χ1n) is 10.9. The Morgan fingerprint density at radius 2 is 2.03 bits per heavy atom. The summed E-state index contributed by atoms with van der Waals surface area (Å²) in [4.78, 5) is 28.0. The number of primary amides is 1. The van der Waals surface area contributed by atoms with E-state index in [2.05, 4.69) is 10.3 Å². The summed E-state index contributed by atoms with van der Waals surface area (Å²) in [7, 11) is 0. The van der Waals surface area contributed by atoms with Crippen molar-refractivity contribution in [2.24, 2.45) is 5.73 Å². The van der Waals surface area contributed by atoms with E-state index in [-0.39, 0.29) is 18.1 Å². The lowest BCUT2D eigenvalue weighted by molar-refractivity contribution is -0.117. The number of carbonyl (C=O) groups excluding carboxylic acids is 2. The van der Waals surface area contributed by atoms with Gasteiger partial charge in [0.25, 0.3) is 0 Å². The Morgan fingerprint density at radius 3 is 2.71 bits per heavy atom. The fraction of sp³-hybridized carbons (Fsp3) is 0.192. The molecule has 0 unspecified atom stereocenters. The number of nitrogens with one attached hydrogen (secondary N) is 1. The highest BCUT2D eigenvalue weighted by atomic mass is 32.1. The molecule has 0 aliphatic heterocycles. The first-order chi connectivity index (χ1) is 16.8. The topological polar surface area (TPSA) is 107 Å². The molecule has 2 aromatic heterocycles. The van der Waals surface area contributed by atoms with Gasteiger partial charge >= 0.3 is 0 Å². The molecule has 7 nitrogen and oxygen atoms in total. The highest BCUT2D eigenvalue weighted by molar-refractivity contribution is 7.14. The number of fused-ring (bicyclic) bond motifs is 1. The van der Waals surface area contributed by atoms with Gasteiger partial charge in [0, 0.05) is 33.5 Å². The largest absolute Gasteiger partial charge is 0.493 e. The number of aryl methyl sites for hydroxylation is 1. The summed E-state index contributed by atoms with van der Waals surface area (Å²) in [6, 6.07) is 8.12. The van der Waals surface area contributed by atoms with Crippen molar-refractivity contribution in [3.8, 4) is 16.9 Å². The standard InChI is InChI=1S/C26H24FN3O4S/c1-4-33-24-15(3)25-20(21(12-34-25)16-5-7-17(27)8-6-16)11-19(24)14(2)9-23(32)30-26-29-18(13-35-26)10-22(28)31/h5-9,11-13H,4,10H2,1-3H3,(H2,28,31)(H,29,30,32)/b14-9+. The molecule has 2 amide bonds. The fourth-order valence-electron chi connectivity index (χ4n) is 3.83. The molecule has 0 bridgehead atoms. The molecule has 0 aliphatic carbocycles. The normalized spacial score (nSPS) is 11.6. The maximum absolute atomic E-state index is 13.4. The molecule has 0 spiro atoms. The Bertz CT molecular complexity index is 1440. The van der Waals surface area contributed by atoms with Crippen LogP contribution in [-0.2, 0) is 16.0 Å². The van der Waals surface area contributed by atoms with Crippen molar-refractivity contribution in [3.63, 3.8) is 0 Å². The summed E-state index contributed by atoms with van der Waals surface area (Å²) in [6.07, 6.45) is 3.12. The van der Waals surface area contributed by atoms with E-state index in [1.165, 1.54) is 29.5 Å². The minimum atomic E-state index is -0.489. The van der Waals surface area contributed by atoms with Gasteiger partial charge < -0.3 is 14.9 Å². The predicted molar refractivity (Wildman–Crippen MR) is 135 cm³/mol. The zero-order chi connectivity index (χ0) is 25.1. The van der Waals surface area contributed by atoms with Crippen molar-refractivity contribution >= 4 is 44.8 Å². The number of hydrogen-bond donors (Lipinski definition) is 2. The van der Waals surface area contributed by atoms with Crippen LogP contribution in [0.25, 0.3) is 27.7 Å². The van der Waals surface area contributed by atoms with Crippen LogP contribution in [0.4, 0.5) is 9.52 Å². The molecule has 2 aromatic carbocycles. The summed E-state index contributed by atoms with van der Waals surface area (Å²) in [5.74, 6) is -0.547. The zero-order valence-electron chi connectivity index (χ0n) is 19.5. The highest BCUT2D eigenvalue weighted by Gasteiger charge is 2.19. The summed E-state index contributed by atoms with van der Waals surface area (Å²) in [6.45, 7) is 6.04. The van der Waals surface area contributed by atoms with Crippen molar-refractivity contribution in [2.45, 2.75) is 27.2 Å². The average Bonchev–Trinajstić information content (AvgIpc) is 3.42. The molecule has 4 rings (SSSR count). The molecule has 0 saturated heterocycles. The Kier molecular flexibility index (Phi) is 6.97. The van der Waals surface area contributed by atoms with Crippen molar-refractivity contribution in [1.29, 1.82) is 0 Å².